The van der Waals surface area contributed by atoms with Crippen molar-refractivity contribution >= 4 is 24.3 Å². The Balaban J connectivity index is 0.00000220. The van der Waals surface area contributed by atoms with Crippen LogP contribution in [0.15, 0.2) is 53.5 Å². The third-order valence-corrected chi connectivity index (χ3v) is 2.84. The van der Waals surface area contributed by atoms with Gasteiger partial charge in [-0.15, -0.1) is 12.4 Å². The molecule has 2 aromatic carbocycles. The van der Waals surface area contributed by atoms with Gasteiger partial charge in [0.05, 0.1) is 0 Å². The summed E-state index contributed by atoms with van der Waals surface area (Å²) in [6.07, 6.45) is 0. The van der Waals surface area contributed by atoms with Gasteiger partial charge >= 0.3 is 0 Å². The molecule has 0 radical (unpaired) electrons. The summed E-state index contributed by atoms with van der Waals surface area (Å²) in [4.78, 5) is 15.3. The normalized spacial score (nSPS) is 9.57. The summed E-state index contributed by atoms with van der Waals surface area (Å²) in [6.45, 7) is 0.473. The molecule has 1 amide bonds. The van der Waals surface area contributed by atoms with E-state index in [-0.39, 0.29) is 18.4 Å². The minimum absolute atomic E-state index is 0. The third-order valence-electron chi connectivity index (χ3n) is 2.84. The molecule has 0 aromatic heterocycles. The molecule has 0 fully saturated rings. The van der Waals surface area contributed by atoms with Crippen molar-refractivity contribution in [3.8, 4) is 11.1 Å². The van der Waals surface area contributed by atoms with Gasteiger partial charge in [-0.3, -0.25) is 4.79 Å². The maximum absolute atomic E-state index is 11.8. The van der Waals surface area contributed by atoms with Crippen LogP contribution in [0.2, 0.25) is 0 Å². The molecule has 6 heteroatoms. The summed E-state index contributed by atoms with van der Waals surface area (Å²) in [5.41, 5.74) is 19.4. The molecule has 0 bridgehead atoms. The Labute approximate surface area is 129 Å². The molecule has 0 heterocycles. The van der Waals surface area contributed by atoms with E-state index >= 15 is 0 Å². The van der Waals surface area contributed by atoms with E-state index in [9.17, 15) is 4.79 Å². The van der Waals surface area contributed by atoms with E-state index in [1.165, 1.54) is 0 Å². The van der Waals surface area contributed by atoms with Crippen molar-refractivity contribution < 1.29 is 4.79 Å². The van der Waals surface area contributed by atoms with E-state index in [0.29, 0.717) is 12.1 Å². The fourth-order valence-electron chi connectivity index (χ4n) is 1.89. The highest BCUT2D eigenvalue weighted by atomic mass is 35.5. The van der Waals surface area contributed by atoms with Crippen LogP contribution in [0, 0.1) is 0 Å². The number of carbonyl (C=O) groups excluding carboxylic acids is 1. The lowest BCUT2D eigenvalue weighted by Gasteiger charge is -2.05. The Morgan fingerprint density at radius 1 is 1.00 bits per heavy atom. The number of aliphatic imine (C=N–C) groups is 1. The van der Waals surface area contributed by atoms with Gasteiger partial charge < -0.3 is 17.2 Å². The molecule has 0 saturated carbocycles. The zero-order chi connectivity index (χ0) is 14.5. The SMILES string of the molecule is Cl.NCc1cccc(-c2cccc(C(=O)N=C(N)N)c2)c1. The second kappa shape index (κ2) is 7.42. The number of nitrogens with zero attached hydrogens (tertiary/aromatic N) is 1. The number of hydrogen-bond acceptors (Lipinski definition) is 2. The standard InChI is InChI=1S/C15H16N4O.ClH/c16-9-10-3-1-4-11(7-10)12-5-2-6-13(8-12)14(20)19-15(17)18;/h1-8H,9,16H2,(H4,17,18,19,20);1H. The number of nitrogens with two attached hydrogens (primary N) is 3. The van der Waals surface area contributed by atoms with E-state index in [1.54, 1.807) is 18.2 Å². The fourth-order valence-corrected chi connectivity index (χ4v) is 1.89. The van der Waals surface area contributed by atoms with Crippen molar-refractivity contribution in [1.82, 2.24) is 0 Å². The molecular formula is C15H17ClN4O. The molecule has 21 heavy (non-hydrogen) atoms. The quantitative estimate of drug-likeness (QED) is 0.592. The first-order valence-electron chi connectivity index (χ1n) is 6.13. The predicted molar refractivity (Wildman–Crippen MR) is 87.2 cm³/mol. The molecule has 6 N–H and O–H groups in total. The van der Waals surface area contributed by atoms with Gasteiger partial charge in [-0.05, 0) is 34.9 Å². The Morgan fingerprint density at radius 2 is 1.62 bits per heavy atom. The van der Waals surface area contributed by atoms with Crippen LogP contribution >= 0.6 is 12.4 Å². The maximum atomic E-state index is 11.8. The molecule has 2 rings (SSSR count). The molecule has 5 nitrogen and oxygen atoms in total. The number of carbonyl (C=O) groups is 1. The number of guanidine groups is 1. The highest BCUT2D eigenvalue weighted by molar-refractivity contribution is 6.02. The van der Waals surface area contributed by atoms with Crippen molar-refractivity contribution in [2.75, 3.05) is 0 Å². The highest BCUT2D eigenvalue weighted by Gasteiger charge is 2.06. The highest BCUT2D eigenvalue weighted by Crippen LogP contribution is 2.21. The Bertz CT molecular complexity index is 666. The number of hydrogen-bond donors (Lipinski definition) is 3. The van der Waals surface area contributed by atoms with Crippen molar-refractivity contribution in [3.63, 3.8) is 0 Å². The Kier molecular flexibility index (Phi) is 5.90. The van der Waals surface area contributed by atoms with Crippen molar-refractivity contribution in [1.29, 1.82) is 0 Å². The second-order valence-electron chi connectivity index (χ2n) is 4.33. The number of benzene rings is 2. The minimum Gasteiger partial charge on any atom is -0.370 e. The van der Waals surface area contributed by atoms with Crippen LogP contribution in [0.25, 0.3) is 11.1 Å². The molecule has 2 aromatic rings. The average Bonchev–Trinajstić information content (AvgIpc) is 2.47. The molecule has 110 valence electrons. The lowest BCUT2D eigenvalue weighted by Crippen LogP contribution is -2.24. The van der Waals surface area contributed by atoms with E-state index in [1.807, 2.05) is 30.3 Å². The van der Waals surface area contributed by atoms with Crippen LogP contribution in [0.5, 0.6) is 0 Å². The van der Waals surface area contributed by atoms with Crippen LogP contribution < -0.4 is 17.2 Å². The first-order chi connectivity index (χ1) is 9.60. The maximum Gasteiger partial charge on any atom is 0.280 e. The molecule has 0 aliphatic rings. The summed E-state index contributed by atoms with van der Waals surface area (Å²) in [6, 6.07) is 15.0. The van der Waals surface area contributed by atoms with E-state index in [4.69, 9.17) is 17.2 Å². The zero-order valence-corrected chi connectivity index (χ0v) is 12.1. The van der Waals surface area contributed by atoms with Crippen molar-refractivity contribution in [2.24, 2.45) is 22.2 Å². The van der Waals surface area contributed by atoms with E-state index in [0.717, 1.165) is 16.7 Å². The van der Waals surface area contributed by atoms with Crippen LogP contribution in [-0.4, -0.2) is 11.9 Å². The molecule has 0 atom stereocenters. The lowest BCUT2D eigenvalue weighted by atomic mass is 10.0. The molecule has 0 aliphatic heterocycles. The number of rotatable bonds is 3. The van der Waals surface area contributed by atoms with Gasteiger partial charge in [-0.25, -0.2) is 0 Å². The van der Waals surface area contributed by atoms with Crippen LogP contribution in [0.4, 0.5) is 0 Å². The summed E-state index contributed by atoms with van der Waals surface area (Å²) < 4.78 is 0. The topological polar surface area (TPSA) is 107 Å². The monoisotopic (exact) mass is 304 g/mol. The van der Waals surface area contributed by atoms with Gasteiger partial charge in [0.15, 0.2) is 5.96 Å². The molecule has 0 spiro atoms. The van der Waals surface area contributed by atoms with Gasteiger partial charge in [-0.1, -0.05) is 30.3 Å². The van der Waals surface area contributed by atoms with E-state index < -0.39 is 5.91 Å². The van der Waals surface area contributed by atoms with Gasteiger partial charge in [0.25, 0.3) is 5.91 Å². The third kappa shape index (κ3) is 4.30. The summed E-state index contributed by atoms with van der Waals surface area (Å²) in [5, 5.41) is 0. The van der Waals surface area contributed by atoms with Gasteiger partial charge in [0.1, 0.15) is 0 Å². The zero-order valence-electron chi connectivity index (χ0n) is 11.3. The second-order valence-corrected chi connectivity index (χ2v) is 4.33. The molecule has 0 aliphatic carbocycles. The molecule has 0 saturated heterocycles. The first-order valence-corrected chi connectivity index (χ1v) is 6.13. The Morgan fingerprint density at radius 3 is 2.24 bits per heavy atom. The van der Waals surface area contributed by atoms with Crippen LogP contribution in [0.3, 0.4) is 0 Å². The van der Waals surface area contributed by atoms with Crippen molar-refractivity contribution in [3.05, 3.63) is 59.7 Å². The predicted octanol–water partition coefficient (Wildman–Crippen LogP) is 1.65. The summed E-state index contributed by atoms with van der Waals surface area (Å²) in [5.74, 6) is -0.702. The first kappa shape index (κ1) is 16.7. The van der Waals surface area contributed by atoms with Gasteiger partial charge in [-0.2, -0.15) is 4.99 Å². The lowest BCUT2D eigenvalue weighted by molar-refractivity contribution is 0.100. The van der Waals surface area contributed by atoms with Crippen LogP contribution in [0.1, 0.15) is 15.9 Å². The number of amides is 1. The number of halogens is 1. The van der Waals surface area contributed by atoms with Crippen molar-refractivity contribution in [2.45, 2.75) is 6.54 Å². The smallest absolute Gasteiger partial charge is 0.280 e. The van der Waals surface area contributed by atoms with Gasteiger partial charge in [0.2, 0.25) is 0 Å². The Hall–Kier alpha value is -2.37. The van der Waals surface area contributed by atoms with Crippen LogP contribution in [-0.2, 0) is 6.54 Å². The van der Waals surface area contributed by atoms with E-state index in [2.05, 4.69) is 4.99 Å². The minimum atomic E-state index is -0.457. The largest absolute Gasteiger partial charge is 0.370 e. The molecular weight excluding hydrogens is 288 g/mol. The molecule has 0 unspecified atom stereocenters. The fraction of sp³-hybridized carbons (Fsp3) is 0.0667. The summed E-state index contributed by atoms with van der Waals surface area (Å²) in [7, 11) is 0. The average molecular weight is 305 g/mol. The summed E-state index contributed by atoms with van der Waals surface area (Å²) >= 11 is 0. The van der Waals surface area contributed by atoms with Gasteiger partial charge in [0, 0.05) is 12.1 Å².